The summed E-state index contributed by atoms with van der Waals surface area (Å²) in [5.41, 5.74) is -1.41. The smallest absolute Gasteiger partial charge is 0.239 e. The number of carbonyl (C=O) groups is 1. The number of nitrogens with one attached hydrogen (secondary N) is 1. The molecular weight excluding hydrogens is 257 g/mol. The SMILES string of the molecule is O=C(CCl)Nc1c(F)c(F)c(F)c(F)c1F. The van der Waals surface area contributed by atoms with E-state index in [1.165, 1.54) is 5.32 Å². The molecule has 1 N–H and O–H groups in total. The normalized spacial score (nSPS) is 10.4. The van der Waals surface area contributed by atoms with Crippen molar-refractivity contribution in [2.24, 2.45) is 0 Å². The first kappa shape index (κ1) is 12.7. The van der Waals surface area contributed by atoms with E-state index < -0.39 is 46.6 Å². The molecule has 16 heavy (non-hydrogen) atoms. The summed E-state index contributed by atoms with van der Waals surface area (Å²) in [5.74, 6) is -12.6. The molecule has 1 rings (SSSR count). The summed E-state index contributed by atoms with van der Waals surface area (Å²) in [7, 11) is 0. The van der Waals surface area contributed by atoms with Gasteiger partial charge in [0.2, 0.25) is 11.7 Å². The highest BCUT2D eigenvalue weighted by molar-refractivity contribution is 6.29. The Labute approximate surface area is 91.0 Å². The first-order valence-electron chi connectivity index (χ1n) is 3.77. The molecular formula is C8H3ClF5NO. The van der Waals surface area contributed by atoms with Crippen molar-refractivity contribution in [3.63, 3.8) is 0 Å². The number of amides is 1. The van der Waals surface area contributed by atoms with Crippen LogP contribution in [0.5, 0.6) is 0 Å². The largest absolute Gasteiger partial charge is 0.320 e. The number of rotatable bonds is 2. The summed E-state index contributed by atoms with van der Waals surface area (Å²) in [6, 6.07) is 0. The van der Waals surface area contributed by atoms with Gasteiger partial charge in [-0.2, -0.15) is 0 Å². The molecule has 1 aromatic rings. The van der Waals surface area contributed by atoms with Gasteiger partial charge in [-0.05, 0) is 0 Å². The van der Waals surface area contributed by atoms with E-state index in [2.05, 4.69) is 0 Å². The number of carbonyl (C=O) groups excluding carboxylic acids is 1. The predicted octanol–water partition coefficient (Wildman–Crippen LogP) is 2.56. The minimum Gasteiger partial charge on any atom is -0.320 e. The fraction of sp³-hybridized carbons (Fsp3) is 0.125. The lowest BCUT2D eigenvalue weighted by atomic mass is 10.2. The number of hydrogen-bond acceptors (Lipinski definition) is 1. The molecule has 0 aliphatic carbocycles. The summed E-state index contributed by atoms with van der Waals surface area (Å²) in [6.45, 7) is 0. The molecule has 0 bridgehead atoms. The molecule has 88 valence electrons. The molecule has 0 radical (unpaired) electrons. The third-order valence-corrected chi connectivity index (χ3v) is 1.84. The second kappa shape index (κ2) is 4.65. The Balaban J connectivity index is 3.34. The Morgan fingerprint density at radius 2 is 1.31 bits per heavy atom. The second-order valence-electron chi connectivity index (χ2n) is 2.63. The van der Waals surface area contributed by atoms with Crippen molar-refractivity contribution in [1.82, 2.24) is 0 Å². The first-order chi connectivity index (χ1) is 7.40. The van der Waals surface area contributed by atoms with Gasteiger partial charge in [0.25, 0.3) is 0 Å². The van der Waals surface area contributed by atoms with Gasteiger partial charge in [0.05, 0.1) is 0 Å². The van der Waals surface area contributed by atoms with E-state index in [1.54, 1.807) is 0 Å². The van der Waals surface area contributed by atoms with E-state index in [-0.39, 0.29) is 0 Å². The number of anilines is 1. The zero-order valence-electron chi connectivity index (χ0n) is 7.38. The lowest BCUT2D eigenvalue weighted by Crippen LogP contribution is -2.17. The van der Waals surface area contributed by atoms with Crippen LogP contribution >= 0.6 is 11.6 Å². The van der Waals surface area contributed by atoms with Crippen LogP contribution < -0.4 is 5.32 Å². The molecule has 0 atom stereocenters. The first-order valence-corrected chi connectivity index (χ1v) is 4.30. The Kier molecular flexibility index (Phi) is 3.69. The fourth-order valence-corrected chi connectivity index (χ4v) is 0.954. The van der Waals surface area contributed by atoms with Crippen molar-refractivity contribution in [3.8, 4) is 0 Å². The molecule has 0 heterocycles. The van der Waals surface area contributed by atoms with Crippen LogP contribution in [0, 0.1) is 29.1 Å². The maximum atomic E-state index is 12.9. The molecule has 0 aromatic heterocycles. The van der Waals surface area contributed by atoms with Gasteiger partial charge in [-0.15, -0.1) is 11.6 Å². The minimum absolute atomic E-state index is 0.681. The quantitative estimate of drug-likeness (QED) is 0.376. The van der Waals surface area contributed by atoms with Gasteiger partial charge in [0.15, 0.2) is 23.3 Å². The third-order valence-electron chi connectivity index (χ3n) is 1.60. The molecule has 0 saturated heterocycles. The number of benzene rings is 1. The van der Waals surface area contributed by atoms with E-state index in [9.17, 15) is 26.7 Å². The maximum absolute atomic E-state index is 12.9. The maximum Gasteiger partial charge on any atom is 0.239 e. The van der Waals surface area contributed by atoms with Crippen LogP contribution in [0.4, 0.5) is 27.6 Å². The summed E-state index contributed by atoms with van der Waals surface area (Å²) in [4.78, 5) is 10.7. The van der Waals surface area contributed by atoms with Crippen LogP contribution in [-0.2, 0) is 4.79 Å². The molecule has 0 aliphatic heterocycles. The van der Waals surface area contributed by atoms with Crippen LogP contribution in [0.2, 0.25) is 0 Å². The highest BCUT2D eigenvalue weighted by atomic mass is 35.5. The second-order valence-corrected chi connectivity index (χ2v) is 2.89. The zero-order chi connectivity index (χ0) is 12.5. The van der Waals surface area contributed by atoms with Crippen molar-refractivity contribution in [1.29, 1.82) is 0 Å². The highest BCUT2D eigenvalue weighted by Crippen LogP contribution is 2.26. The van der Waals surface area contributed by atoms with Crippen molar-refractivity contribution in [2.75, 3.05) is 11.2 Å². The standard InChI is InChI=1S/C8H3ClF5NO/c9-1-2(16)15-8-6(13)4(11)3(10)5(12)7(8)14/h1H2,(H,15,16). The van der Waals surface area contributed by atoms with Crippen molar-refractivity contribution < 1.29 is 26.7 Å². The number of alkyl halides is 1. The Morgan fingerprint density at radius 3 is 1.69 bits per heavy atom. The molecule has 1 aromatic carbocycles. The van der Waals surface area contributed by atoms with Crippen LogP contribution in [-0.4, -0.2) is 11.8 Å². The van der Waals surface area contributed by atoms with Crippen molar-refractivity contribution >= 4 is 23.2 Å². The van der Waals surface area contributed by atoms with Gasteiger partial charge in [-0.3, -0.25) is 4.79 Å². The van der Waals surface area contributed by atoms with Gasteiger partial charge in [0, 0.05) is 0 Å². The van der Waals surface area contributed by atoms with Crippen LogP contribution in [0.15, 0.2) is 0 Å². The summed E-state index contributed by atoms with van der Waals surface area (Å²) < 4.78 is 63.6. The van der Waals surface area contributed by atoms with Crippen LogP contribution in [0.3, 0.4) is 0 Å². The monoisotopic (exact) mass is 259 g/mol. The zero-order valence-corrected chi connectivity index (χ0v) is 8.14. The molecule has 0 unspecified atom stereocenters. The topological polar surface area (TPSA) is 29.1 Å². The lowest BCUT2D eigenvalue weighted by molar-refractivity contribution is -0.114. The van der Waals surface area contributed by atoms with Gasteiger partial charge >= 0.3 is 0 Å². The Morgan fingerprint density at radius 1 is 0.938 bits per heavy atom. The van der Waals surface area contributed by atoms with E-state index >= 15 is 0 Å². The molecule has 0 fully saturated rings. The van der Waals surface area contributed by atoms with E-state index in [0.29, 0.717) is 0 Å². The van der Waals surface area contributed by atoms with Gasteiger partial charge in [0.1, 0.15) is 11.6 Å². The lowest BCUT2D eigenvalue weighted by Gasteiger charge is -2.08. The van der Waals surface area contributed by atoms with Crippen molar-refractivity contribution in [3.05, 3.63) is 29.1 Å². The van der Waals surface area contributed by atoms with E-state index in [4.69, 9.17) is 11.6 Å². The average molecular weight is 260 g/mol. The highest BCUT2D eigenvalue weighted by Gasteiger charge is 2.26. The van der Waals surface area contributed by atoms with Crippen LogP contribution in [0.25, 0.3) is 0 Å². The molecule has 1 amide bonds. The molecule has 2 nitrogen and oxygen atoms in total. The number of halogens is 6. The average Bonchev–Trinajstić information content (AvgIpc) is 2.29. The summed E-state index contributed by atoms with van der Waals surface area (Å²) in [6.07, 6.45) is 0. The van der Waals surface area contributed by atoms with Crippen LogP contribution in [0.1, 0.15) is 0 Å². The fourth-order valence-electron chi connectivity index (χ4n) is 0.887. The molecule has 0 saturated carbocycles. The predicted molar refractivity (Wildman–Crippen MR) is 45.6 cm³/mol. The van der Waals surface area contributed by atoms with Crippen molar-refractivity contribution in [2.45, 2.75) is 0 Å². The van der Waals surface area contributed by atoms with Gasteiger partial charge in [-0.25, -0.2) is 22.0 Å². The van der Waals surface area contributed by atoms with E-state index in [1.807, 2.05) is 0 Å². The molecule has 0 aliphatic rings. The van der Waals surface area contributed by atoms with Gasteiger partial charge in [-0.1, -0.05) is 0 Å². The third kappa shape index (κ3) is 2.08. The van der Waals surface area contributed by atoms with E-state index in [0.717, 1.165) is 0 Å². The molecule has 8 heteroatoms. The Hall–Kier alpha value is -1.37. The number of hydrogen-bond donors (Lipinski definition) is 1. The summed E-state index contributed by atoms with van der Waals surface area (Å²) >= 11 is 5.00. The van der Waals surface area contributed by atoms with Gasteiger partial charge < -0.3 is 5.32 Å². The Bertz CT molecular complexity index is 422. The minimum atomic E-state index is -2.29. The summed E-state index contributed by atoms with van der Waals surface area (Å²) in [5, 5.41) is 1.47. The molecule has 0 spiro atoms.